The molecule has 4 unspecified atom stereocenters. The van der Waals surface area contributed by atoms with Crippen LogP contribution in [0.1, 0.15) is 49.8 Å². The predicted octanol–water partition coefficient (Wildman–Crippen LogP) is 3.49. The molecule has 3 aliphatic rings. The third-order valence-corrected chi connectivity index (χ3v) is 8.67. The Morgan fingerprint density at radius 2 is 1.64 bits per heavy atom. The molecule has 4 atom stereocenters. The summed E-state index contributed by atoms with van der Waals surface area (Å²) >= 11 is 0. The fourth-order valence-corrected chi connectivity index (χ4v) is 6.18. The first kappa shape index (κ1) is 25.4. The van der Waals surface area contributed by atoms with Gasteiger partial charge in [0.15, 0.2) is 0 Å². The van der Waals surface area contributed by atoms with Gasteiger partial charge in [0.25, 0.3) is 0 Å². The number of hydrogen-bond acceptors (Lipinski definition) is 5. The molecule has 3 heterocycles. The molecule has 1 aromatic carbocycles. The molecular formula is C30H43N5O. The lowest BCUT2D eigenvalue weighted by molar-refractivity contribution is -0.137. The van der Waals surface area contributed by atoms with Gasteiger partial charge in [-0.1, -0.05) is 31.2 Å². The number of rotatable bonds is 8. The minimum Gasteiger partial charge on any atom is -0.337 e. The third kappa shape index (κ3) is 5.99. The average molecular weight is 490 g/mol. The molecule has 0 N–H and O–H groups in total. The van der Waals surface area contributed by atoms with Gasteiger partial charge in [-0.25, -0.2) is 0 Å². The highest BCUT2D eigenvalue weighted by atomic mass is 16.2. The van der Waals surface area contributed by atoms with Gasteiger partial charge in [0.2, 0.25) is 5.91 Å². The van der Waals surface area contributed by atoms with E-state index in [2.05, 4.69) is 81.8 Å². The minimum atomic E-state index is 0.189. The van der Waals surface area contributed by atoms with Crippen LogP contribution in [0.15, 0.2) is 48.8 Å². The Hall–Kier alpha value is -2.28. The van der Waals surface area contributed by atoms with Gasteiger partial charge in [-0.05, 0) is 68.0 Å². The van der Waals surface area contributed by atoms with Crippen LogP contribution in [0.3, 0.4) is 0 Å². The fourth-order valence-electron chi connectivity index (χ4n) is 6.18. The number of hydrogen-bond donors (Lipinski definition) is 0. The molecule has 2 saturated heterocycles. The number of pyridine rings is 1. The van der Waals surface area contributed by atoms with E-state index < -0.39 is 0 Å². The third-order valence-electron chi connectivity index (χ3n) is 8.67. The first-order valence-corrected chi connectivity index (χ1v) is 14.0. The van der Waals surface area contributed by atoms with Gasteiger partial charge in [0.05, 0.1) is 0 Å². The van der Waals surface area contributed by atoms with Crippen molar-refractivity contribution in [3.05, 3.63) is 65.5 Å². The van der Waals surface area contributed by atoms with E-state index in [-0.39, 0.29) is 5.92 Å². The maximum Gasteiger partial charge on any atom is 0.226 e. The molecule has 1 saturated carbocycles. The molecule has 0 spiro atoms. The van der Waals surface area contributed by atoms with Crippen LogP contribution in [0.25, 0.3) is 0 Å². The Labute approximate surface area is 217 Å². The SMILES string of the molecule is CCN1CCN(C(=O)C2CC2c2ccc(CC(C)N3CCN(Cc4ccncc4)CC3)cc2)C(C)C1. The summed E-state index contributed by atoms with van der Waals surface area (Å²) in [7, 11) is 0. The maximum atomic E-state index is 13.2. The number of carbonyl (C=O) groups excluding carboxylic acids is 1. The van der Waals surface area contributed by atoms with E-state index in [0.29, 0.717) is 23.9 Å². The van der Waals surface area contributed by atoms with Crippen molar-refractivity contribution >= 4 is 5.91 Å². The molecule has 0 radical (unpaired) electrons. The normalized spacial score (nSPS) is 26.6. The van der Waals surface area contributed by atoms with Crippen LogP contribution < -0.4 is 0 Å². The van der Waals surface area contributed by atoms with Gasteiger partial charge in [-0.2, -0.15) is 0 Å². The summed E-state index contributed by atoms with van der Waals surface area (Å²) in [5, 5.41) is 0. The summed E-state index contributed by atoms with van der Waals surface area (Å²) in [6.07, 6.45) is 5.86. The number of nitrogens with zero attached hydrogens (tertiary/aromatic N) is 5. The first-order valence-electron chi connectivity index (χ1n) is 14.0. The van der Waals surface area contributed by atoms with Crippen molar-refractivity contribution in [2.75, 3.05) is 52.4 Å². The van der Waals surface area contributed by atoms with Crippen LogP contribution in [0.2, 0.25) is 0 Å². The van der Waals surface area contributed by atoms with E-state index >= 15 is 0 Å². The Kier molecular flexibility index (Phi) is 8.04. The molecule has 1 aliphatic carbocycles. The summed E-state index contributed by atoms with van der Waals surface area (Å²) in [6.45, 7) is 16.3. The molecular weight excluding hydrogens is 446 g/mol. The largest absolute Gasteiger partial charge is 0.337 e. The second kappa shape index (κ2) is 11.4. The average Bonchev–Trinajstić information content (AvgIpc) is 3.71. The molecule has 36 heavy (non-hydrogen) atoms. The van der Waals surface area contributed by atoms with Gasteiger partial charge in [-0.15, -0.1) is 0 Å². The van der Waals surface area contributed by atoms with Gasteiger partial charge < -0.3 is 4.90 Å². The molecule has 194 valence electrons. The van der Waals surface area contributed by atoms with Crippen LogP contribution in [0, 0.1) is 5.92 Å². The van der Waals surface area contributed by atoms with E-state index in [0.717, 1.165) is 71.7 Å². The zero-order valence-corrected chi connectivity index (χ0v) is 22.4. The van der Waals surface area contributed by atoms with E-state index in [1.165, 1.54) is 16.7 Å². The highest BCUT2D eigenvalue weighted by Crippen LogP contribution is 2.48. The highest BCUT2D eigenvalue weighted by Gasteiger charge is 2.47. The van der Waals surface area contributed by atoms with Crippen LogP contribution in [-0.2, 0) is 17.8 Å². The van der Waals surface area contributed by atoms with E-state index in [4.69, 9.17) is 0 Å². The summed E-state index contributed by atoms with van der Waals surface area (Å²) in [6, 6.07) is 14.3. The predicted molar refractivity (Wildman–Crippen MR) is 145 cm³/mol. The quantitative estimate of drug-likeness (QED) is 0.568. The number of amides is 1. The first-order chi connectivity index (χ1) is 17.5. The summed E-state index contributed by atoms with van der Waals surface area (Å²) < 4.78 is 0. The molecule has 5 rings (SSSR count). The molecule has 0 bridgehead atoms. The van der Waals surface area contributed by atoms with Crippen molar-refractivity contribution in [3.63, 3.8) is 0 Å². The van der Waals surface area contributed by atoms with Crippen LogP contribution in [-0.4, -0.2) is 94.9 Å². The van der Waals surface area contributed by atoms with Crippen molar-refractivity contribution in [2.24, 2.45) is 5.92 Å². The van der Waals surface area contributed by atoms with E-state index in [9.17, 15) is 4.79 Å². The highest BCUT2D eigenvalue weighted by molar-refractivity contribution is 5.83. The lowest BCUT2D eigenvalue weighted by Gasteiger charge is -2.39. The van der Waals surface area contributed by atoms with Crippen LogP contribution in [0.5, 0.6) is 0 Å². The van der Waals surface area contributed by atoms with Crippen molar-refractivity contribution in [3.8, 4) is 0 Å². The lowest BCUT2D eigenvalue weighted by atomic mass is 10.0. The lowest BCUT2D eigenvalue weighted by Crippen LogP contribution is -2.54. The van der Waals surface area contributed by atoms with Gasteiger partial charge >= 0.3 is 0 Å². The summed E-state index contributed by atoms with van der Waals surface area (Å²) in [5.41, 5.74) is 4.09. The number of carbonyl (C=O) groups is 1. The summed E-state index contributed by atoms with van der Waals surface area (Å²) in [4.78, 5) is 27.0. The van der Waals surface area contributed by atoms with E-state index in [1.807, 2.05) is 12.4 Å². The van der Waals surface area contributed by atoms with Crippen LogP contribution >= 0.6 is 0 Å². The number of aromatic nitrogens is 1. The topological polar surface area (TPSA) is 42.9 Å². The van der Waals surface area contributed by atoms with Gasteiger partial charge in [0.1, 0.15) is 0 Å². The molecule has 3 fully saturated rings. The minimum absolute atomic E-state index is 0.189. The monoisotopic (exact) mass is 489 g/mol. The van der Waals surface area contributed by atoms with Crippen molar-refractivity contribution in [1.29, 1.82) is 0 Å². The Morgan fingerprint density at radius 3 is 2.31 bits per heavy atom. The number of likely N-dealkylation sites (N-methyl/N-ethyl adjacent to an activating group) is 1. The zero-order valence-electron chi connectivity index (χ0n) is 22.4. The van der Waals surface area contributed by atoms with Gasteiger partial charge in [-0.3, -0.25) is 24.5 Å². The molecule has 6 nitrogen and oxygen atoms in total. The molecule has 2 aromatic rings. The molecule has 1 aromatic heterocycles. The second-order valence-electron chi connectivity index (χ2n) is 11.2. The smallest absolute Gasteiger partial charge is 0.226 e. The van der Waals surface area contributed by atoms with E-state index in [1.54, 1.807) is 0 Å². The van der Waals surface area contributed by atoms with Crippen molar-refractivity contribution < 1.29 is 4.79 Å². The Morgan fingerprint density at radius 1 is 0.944 bits per heavy atom. The maximum absolute atomic E-state index is 13.2. The summed E-state index contributed by atoms with van der Waals surface area (Å²) in [5.74, 6) is 0.978. The van der Waals surface area contributed by atoms with Crippen LogP contribution in [0.4, 0.5) is 0 Å². The second-order valence-corrected chi connectivity index (χ2v) is 11.2. The van der Waals surface area contributed by atoms with Crippen molar-refractivity contribution in [2.45, 2.75) is 58.2 Å². The molecule has 6 heteroatoms. The molecule has 1 amide bonds. The van der Waals surface area contributed by atoms with Crippen molar-refractivity contribution in [1.82, 2.24) is 24.6 Å². The number of piperazine rings is 2. The Balaban J connectivity index is 1.07. The zero-order chi connectivity index (χ0) is 25.1. The standard InChI is InChI=1S/C30H43N5O/c1-4-32-15-18-35(24(3)21-32)30(36)29-20-28(29)27-7-5-25(6-8-27)19-23(2)34-16-13-33(14-17-34)22-26-9-11-31-12-10-26/h5-12,23-24,28-29H,4,13-22H2,1-3H3. The fraction of sp³-hybridized carbons (Fsp3) is 0.600. The molecule has 2 aliphatic heterocycles. The number of benzene rings is 1. The Bertz CT molecular complexity index is 988. The van der Waals surface area contributed by atoms with Gasteiger partial charge in [0, 0.05) is 82.8 Å².